The summed E-state index contributed by atoms with van der Waals surface area (Å²) in [7, 11) is 0. The topological polar surface area (TPSA) is 0 Å². The molecule has 0 atom stereocenters. The van der Waals surface area contributed by atoms with Crippen molar-refractivity contribution in [3.63, 3.8) is 0 Å². The highest BCUT2D eigenvalue weighted by Gasteiger charge is 2.04. The van der Waals surface area contributed by atoms with E-state index in [-0.39, 0.29) is 0 Å². The Labute approximate surface area is 103 Å². The maximum absolute atomic E-state index is 3.87. The lowest BCUT2D eigenvalue weighted by Crippen LogP contribution is -1.86. The number of rotatable bonds is 3. The van der Waals surface area contributed by atoms with E-state index in [0.29, 0.717) is 0 Å². The summed E-state index contributed by atoms with van der Waals surface area (Å²) >= 11 is 0. The highest BCUT2D eigenvalue weighted by Crippen LogP contribution is 2.28. The van der Waals surface area contributed by atoms with E-state index in [1.165, 1.54) is 22.3 Å². The summed E-state index contributed by atoms with van der Waals surface area (Å²) in [6.07, 6.45) is 6.10. The molecule has 0 aliphatic heterocycles. The van der Waals surface area contributed by atoms with E-state index in [1.54, 1.807) is 0 Å². The van der Waals surface area contributed by atoms with Crippen molar-refractivity contribution in [2.24, 2.45) is 0 Å². The van der Waals surface area contributed by atoms with E-state index in [1.807, 2.05) is 19.1 Å². The molecule has 0 amide bonds. The van der Waals surface area contributed by atoms with Crippen LogP contribution in [0.25, 0.3) is 23.3 Å². The summed E-state index contributed by atoms with van der Waals surface area (Å²) in [4.78, 5) is 0. The summed E-state index contributed by atoms with van der Waals surface area (Å²) in [5.74, 6) is 0. The SMILES string of the molecule is C=Cc1ccccc1-c1ccccc1C=CC. The zero-order valence-electron chi connectivity index (χ0n) is 10.1. The molecule has 0 heterocycles. The number of hydrogen-bond acceptors (Lipinski definition) is 0. The smallest absolute Gasteiger partial charge is 0.0106 e. The van der Waals surface area contributed by atoms with Gasteiger partial charge in [-0.1, -0.05) is 73.3 Å². The molecular weight excluding hydrogens is 204 g/mol. The molecule has 0 aliphatic rings. The fraction of sp³-hybridized carbons (Fsp3) is 0.0588. The average Bonchev–Trinajstić information content (AvgIpc) is 2.40. The van der Waals surface area contributed by atoms with Gasteiger partial charge in [-0.2, -0.15) is 0 Å². The fourth-order valence-electron chi connectivity index (χ4n) is 1.99. The van der Waals surface area contributed by atoms with Crippen molar-refractivity contribution >= 4 is 12.2 Å². The van der Waals surface area contributed by atoms with E-state index >= 15 is 0 Å². The molecule has 0 fully saturated rings. The van der Waals surface area contributed by atoms with Crippen molar-refractivity contribution in [1.29, 1.82) is 0 Å². The molecule has 0 saturated carbocycles. The molecule has 0 radical (unpaired) electrons. The highest BCUT2D eigenvalue weighted by molar-refractivity contribution is 5.81. The van der Waals surface area contributed by atoms with Gasteiger partial charge in [0.05, 0.1) is 0 Å². The Balaban J connectivity index is 2.63. The van der Waals surface area contributed by atoms with Gasteiger partial charge in [-0.15, -0.1) is 0 Å². The third-order valence-electron chi connectivity index (χ3n) is 2.78. The molecular formula is C17H16. The molecule has 0 nitrogen and oxygen atoms in total. The molecule has 2 aromatic carbocycles. The van der Waals surface area contributed by atoms with Crippen LogP contribution in [0.3, 0.4) is 0 Å². The van der Waals surface area contributed by atoms with E-state index in [0.717, 1.165) is 0 Å². The Morgan fingerprint density at radius 1 is 0.824 bits per heavy atom. The molecule has 0 unspecified atom stereocenters. The van der Waals surface area contributed by atoms with Crippen molar-refractivity contribution in [2.75, 3.05) is 0 Å². The molecule has 84 valence electrons. The Kier molecular flexibility index (Phi) is 3.56. The van der Waals surface area contributed by atoms with Gasteiger partial charge in [0, 0.05) is 0 Å². The summed E-state index contributed by atoms with van der Waals surface area (Å²) in [5.41, 5.74) is 4.89. The molecule has 0 aliphatic carbocycles. The first-order chi connectivity index (χ1) is 8.36. The third-order valence-corrected chi connectivity index (χ3v) is 2.78. The van der Waals surface area contributed by atoms with Crippen molar-refractivity contribution < 1.29 is 0 Å². The second-order valence-electron chi connectivity index (χ2n) is 3.88. The third kappa shape index (κ3) is 2.36. The monoisotopic (exact) mass is 220 g/mol. The van der Waals surface area contributed by atoms with E-state index in [4.69, 9.17) is 0 Å². The highest BCUT2D eigenvalue weighted by atomic mass is 14.1. The molecule has 2 rings (SSSR count). The minimum Gasteiger partial charge on any atom is -0.0984 e. The van der Waals surface area contributed by atoms with E-state index < -0.39 is 0 Å². The maximum Gasteiger partial charge on any atom is -0.0106 e. The summed E-state index contributed by atoms with van der Waals surface area (Å²) in [6.45, 7) is 5.91. The van der Waals surface area contributed by atoms with Crippen molar-refractivity contribution in [1.82, 2.24) is 0 Å². The zero-order valence-corrected chi connectivity index (χ0v) is 10.1. The predicted octanol–water partition coefficient (Wildman–Crippen LogP) is 5.03. The lowest BCUT2D eigenvalue weighted by Gasteiger charge is -2.09. The molecule has 0 aromatic heterocycles. The first-order valence-electron chi connectivity index (χ1n) is 5.80. The van der Waals surface area contributed by atoms with Gasteiger partial charge in [-0.05, 0) is 29.2 Å². The van der Waals surface area contributed by atoms with Gasteiger partial charge in [-0.25, -0.2) is 0 Å². The molecule has 17 heavy (non-hydrogen) atoms. The van der Waals surface area contributed by atoms with Crippen molar-refractivity contribution in [3.8, 4) is 11.1 Å². The van der Waals surface area contributed by atoms with Crippen LogP contribution in [0.4, 0.5) is 0 Å². The standard InChI is InChI=1S/C17H16/c1-3-9-15-11-6-8-13-17(15)16-12-7-5-10-14(16)4-2/h3-13H,2H2,1H3. The van der Waals surface area contributed by atoms with Crippen molar-refractivity contribution in [2.45, 2.75) is 6.92 Å². The van der Waals surface area contributed by atoms with Gasteiger partial charge in [-0.3, -0.25) is 0 Å². The Morgan fingerprint density at radius 2 is 1.35 bits per heavy atom. The Bertz CT molecular complexity index is 547. The molecule has 2 aromatic rings. The van der Waals surface area contributed by atoms with Crippen LogP contribution in [0.2, 0.25) is 0 Å². The maximum atomic E-state index is 3.87. The first kappa shape index (κ1) is 11.4. The van der Waals surface area contributed by atoms with Gasteiger partial charge in [0.15, 0.2) is 0 Å². The molecule has 0 N–H and O–H groups in total. The largest absolute Gasteiger partial charge is 0.0984 e. The van der Waals surface area contributed by atoms with Crippen LogP contribution >= 0.6 is 0 Å². The van der Waals surface area contributed by atoms with Gasteiger partial charge in [0.1, 0.15) is 0 Å². The minimum atomic E-state index is 1.17. The summed E-state index contributed by atoms with van der Waals surface area (Å²) < 4.78 is 0. The van der Waals surface area contributed by atoms with Crippen LogP contribution in [0.5, 0.6) is 0 Å². The van der Waals surface area contributed by atoms with Gasteiger partial charge in [0.2, 0.25) is 0 Å². The Hall–Kier alpha value is -2.08. The van der Waals surface area contributed by atoms with Crippen LogP contribution in [-0.2, 0) is 0 Å². The molecule has 0 saturated heterocycles. The number of benzene rings is 2. The average molecular weight is 220 g/mol. The van der Waals surface area contributed by atoms with Gasteiger partial charge >= 0.3 is 0 Å². The number of hydrogen-bond donors (Lipinski definition) is 0. The zero-order chi connectivity index (χ0) is 12.1. The number of allylic oxidation sites excluding steroid dienone is 1. The first-order valence-corrected chi connectivity index (χ1v) is 5.80. The lowest BCUT2D eigenvalue weighted by molar-refractivity contribution is 1.56. The molecule has 0 heteroatoms. The Morgan fingerprint density at radius 3 is 1.94 bits per heavy atom. The van der Waals surface area contributed by atoms with Crippen LogP contribution in [0, 0.1) is 0 Å². The second-order valence-corrected chi connectivity index (χ2v) is 3.88. The fourth-order valence-corrected chi connectivity index (χ4v) is 1.99. The van der Waals surface area contributed by atoms with Gasteiger partial charge < -0.3 is 0 Å². The quantitative estimate of drug-likeness (QED) is 0.680. The minimum absolute atomic E-state index is 1.17. The van der Waals surface area contributed by atoms with Crippen LogP contribution in [0.15, 0.2) is 61.2 Å². The second kappa shape index (κ2) is 5.31. The molecule has 0 bridgehead atoms. The van der Waals surface area contributed by atoms with Crippen molar-refractivity contribution in [3.05, 3.63) is 72.3 Å². The summed E-state index contributed by atoms with van der Waals surface area (Å²) in [5, 5.41) is 0. The molecule has 0 spiro atoms. The van der Waals surface area contributed by atoms with E-state index in [9.17, 15) is 0 Å². The van der Waals surface area contributed by atoms with Crippen LogP contribution in [-0.4, -0.2) is 0 Å². The van der Waals surface area contributed by atoms with Crippen LogP contribution < -0.4 is 0 Å². The lowest BCUT2D eigenvalue weighted by atomic mass is 9.95. The van der Waals surface area contributed by atoms with E-state index in [2.05, 4.69) is 61.2 Å². The summed E-state index contributed by atoms with van der Waals surface area (Å²) in [6, 6.07) is 16.8. The van der Waals surface area contributed by atoms with Gasteiger partial charge in [0.25, 0.3) is 0 Å². The van der Waals surface area contributed by atoms with Crippen LogP contribution in [0.1, 0.15) is 18.1 Å². The predicted molar refractivity (Wildman–Crippen MR) is 76.7 cm³/mol. The normalized spacial score (nSPS) is 10.6.